The SMILES string of the molecule is CC1CCC(CNCC(O)COCC2CCCO2)CC1. The number of hydrogen-bond donors (Lipinski definition) is 2. The van der Waals surface area contributed by atoms with Crippen molar-refractivity contribution in [2.45, 2.75) is 57.7 Å². The number of nitrogens with one attached hydrogen (secondary N) is 1. The standard InChI is InChI=1S/C16H31NO3/c1-13-4-6-14(7-5-13)9-17-10-15(18)11-19-12-16-3-2-8-20-16/h13-18H,2-12H2,1H3. The van der Waals surface area contributed by atoms with E-state index in [9.17, 15) is 5.11 Å². The lowest BCUT2D eigenvalue weighted by Crippen LogP contribution is -2.35. The minimum atomic E-state index is -0.404. The molecule has 1 saturated carbocycles. The maximum atomic E-state index is 9.87. The van der Waals surface area contributed by atoms with Gasteiger partial charge in [0.1, 0.15) is 0 Å². The van der Waals surface area contributed by atoms with Gasteiger partial charge in [-0.3, -0.25) is 0 Å². The van der Waals surface area contributed by atoms with Crippen LogP contribution in [-0.2, 0) is 9.47 Å². The lowest BCUT2D eigenvalue weighted by molar-refractivity contribution is -0.0166. The van der Waals surface area contributed by atoms with Crippen LogP contribution in [0.4, 0.5) is 0 Å². The molecule has 2 fully saturated rings. The monoisotopic (exact) mass is 285 g/mol. The third kappa shape index (κ3) is 6.08. The summed E-state index contributed by atoms with van der Waals surface area (Å²) >= 11 is 0. The molecule has 1 aliphatic carbocycles. The molecule has 2 atom stereocenters. The van der Waals surface area contributed by atoms with Crippen molar-refractivity contribution < 1.29 is 14.6 Å². The van der Waals surface area contributed by atoms with Crippen molar-refractivity contribution in [1.82, 2.24) is 5.32 Å². The number of aliphatic hydroxyl groups is 1. The van der Waals surface area contributed by atoms with E-state index >= 15 is 0 Å². The Hall–Kier alpha value is -0.160. The molecule has 0 spiro atoms. The molecule has 2 N–H and O–H groups in total. The summed E-state index contributed by atoms with van der Waals surface area (Å²) in [5.41, 5.74) is 0. The summed E-state index contributed by atoms with van der Waals surface area (Å²) in [6.45, 7) is 5.91. The Morgan fingerprint density at radius 2 is 2.05 bits per heavy atom. The Morgan fingerprint density at radius 3 is 2.75 bits per heavy atom. The van der Waals surface area contributed by atoms with Gasteiger partial charge in [-0.1, -0.05) is 19.8 Å². The Labute approximate surface area is 123 Å². The number of hydrogen-bond acceptors (Lipinski definition) is 4. The van der Waals surface area contributed by atoms with E-state index in [4.69, 9.17) is 9.47 Å². The maximum Gasteiger partial charge on any atom is 0.0897 e. The first kappa shape index (κ1) is 16.2. The summed E-state index contributed by atoms with van der Waals surface area (Å²) in [5.74, 6) is 1.70. The zero-order chi connectivity index (χ0) is 14.2. The van der Waals surface area contributed by atoms with Crippen LogP contribution < -0.4 is 5.32 Å². The molecule has 0 amide bonds. The second-order valence-electron chi connectivity index (χ2n) is 6.61. The van der Waals surface area contributed by atoms with Crippen molar-refractivity contribution in [2.24, 2.45) is 11.8 Å². The quantitative estimate of drug-likeness (QED) is 0.716. The van der Waals surface area contributed by atoms with Crippen LogP contribution in [0.3, 0.4) is 0 Å². The minimum Gasteiger partial charge on any atom is -0.389 e. The molecule has 2 unspecified atom stereocenters. The molecule has 4 nitrogen and oxygen atoms in total. The van der Waals surface area contributed by atoms with Crippen molar-refractivity contribution in [3.63, 3.8) is 0 Å². The average Bonchev–Trinajstić information content (AvgIpc) is 2.94. The fraction of sp³-hybridized carbons (Fsp3) is 1.00. The third-order valence-electron chi connectivity index (χ3n) is 4.59. The van der Waals surface area contributed by atoms with Crippen molar-refractivity contribution in [1.29, 1.82) is 0 Å². The Balaban J connectivity index is 1.44. The van der Waals surface area contributed by atoms with Crippen molar-refractivity contribution in [3.05, 3.63) is 0 Å². The van der Waals surface area contributed by atoms with Gasteiger partial charge in [-0.05, 0) is 44.1 Å². The van der Waals surface area contributed by atoms with E-state index in [2.05, 4.69) is 12.2 Å². The highest BCUT2D eigenvalue weighted by Crippen LogP contribution is 2.27. The average molecular weight is 285 g/mol. The highest BCUT2D eigenvalue weighted by molar-refractivity contribution is 4.72. The van der Waals surface area contributed by atoms with Crippen LogP contribution >= 0.6 is 0 Å². The molecular weight excluding hydrogens is 254 g/mol. The van der Waals surface area contributed by atoms with Gasteiger partial charge in [-0.15, -0.1) is 0 Å². The number of rotatable bonds is 8. The molecule has 0 aromatic rings. The van der Waals surface area contributed by atoms with Gasteiger partial charge < -0.3 is 19.9 Å². The fourth-order valence-corrected chi connectivity index (χ4v) is 3.16. The molecule has 2 aliphatic rings. The topological polar surface area (TPSA) is 50.7 Å². The van der Waals surface area contributed by atoms with Gasteiger partial charge in [-0.2, -0.15) is 0 Å². The van der Waals surface area contributed by atoms with Gasteiger partial charge in [0.2, 0.25) is 0 Å². The van der Waals surface area contributed by atoms with Crippen LogP contribution in [-0.4, -0.2) is 50.2 Å². The van der Waals surface area contributed by atoms with E-state index < -0.39 is 6.10 Å². The molecular formula is C16H31NO3. The number of ether oxygens (including phenoxy) is 2. The highest BCUT2D eigenvalue weighted by atomic mass is 16.5. The van der Waals surface area contributed by atoms with Gasteiger partial charge >= 0.3 is 0 Å². The second-order valence-corrected chi connectivity index (χ2v) is 6.61. The van der Waals surface area contributed by atoms with Crippen LogP contribution in [0, 0.1) is 11.8 Å². The first-order valence-corrected chi connectivity index (χ1v) is 8.32. The predicted molar refractivity (Wildman–Crippen MR) is 79.8 cm³/mol. The third-order valence-corrected chi connectivity index (χ3v) is 4.59. The predicted octanol–water partition coefficient (Wildman–Crippen LogP) is 1.96. The molecule has 2 rings (SSSR count). The van der Waals surface area contributed by atoms with E-state index in [0.717, 1.165) is 37.8 Å². The van der Waals surface area contributed by atoms with E-state index in [1.54, 1.807) is 0 Å². The smallest absolute Gasteiger partial charge is 0.0897 e. The molecule has 1 aliphatic heterocycles. The highest BCUT2D eigenvalue weighted by Gasteiger charge is 2.18. The summed E-state index contributed by atoms with van der Waals surface area (Å²) in [5, 5.41) is 13.3. The van der Waals surface area contributed by atoms with Gasteiger partial charge in [0, 0.05) is 13.2 Å². The molecule has 0 aromatic heterocycles. The van der Waals surface area contributed by atoms with Crippen LogP contribution in [0.5, 0.6) is 0 Å². The summed E-state index contributed by atoms with van der Waals surface area (Å²) in [6.07, 6.45) is 7.46. The first-order chi connectivity index (χ1) is 9.74. The van der Waals surface area contributed by atoms with Crippen LogP contribution in [0.2, 0.25) is 0 Å². The molecule has 20 heavy (non-hydrogen) atoms. The second kappa shape index (κ2) is 8.98. The van der Waals surface area contributed by atoms with Crippen LogP contribution in [0.25, 0.3) is 0 Å². The van der Waals surface area contributed by atoms with Crippen molar-refractivity contribution in [3.8, 4) is 0 Å². The lowest BCUT2D eigenvalue weighted by atomic mass is 9.83. The molecule has 1 heterocycles. The zero-order valence-corrected chi connectivity index (χ0v) is 12.9. The van der Waals surface area contributed by atoms with Crippen molar-refractivity contribution >= 4 is 0 Å². The summed E-state index contributed by atoms with van der Waals surface area (Å²) in [4.78, 5) is 0. The Bertz CT molecular complexity index is 248. The largest absolute Gasteiger partial charge is 0.389 e. The maximum absolute atomic E-state index is 9.87. The molecule has 1 saturated heterocycles. The fourth-order valence-electron chi connectivity index (χ4n) is 3.16. The normalized spacial score (nSPS) is 32.4. The zero-order valence-electron chi connectivity index (χ0n) is 12.9. The summed E-state index contributed by atoms with van der Waals surface area (Å²) in [6, 6.07) is 0. The molecule has 118 valence electrons. The van der Waals surface area contributed by atoms with E-state index in [1.165, 1.54) is 25.7 Å². The first-order valence-electron chi connectivity index (χ1n) is 8.32. The molecule has 0 radical (unpaired) electrons. The van der Waals surface area contributed by atoms with Gasteiger partial charge in [0.15, 0.2) is 0 Å². The van der Waals surface area contributed by atoms with Crippen molar-refractivity contribution in [2.75, 3.05) is 32.9 Å². The van der Waals surface area contributed by atoms with Gasteiger partial charge in [0.05, 0.1) is 25.4 Å². The van der Waals surface area contributed by atoms with E-state index in [-0.39, 0.29) is 6.10 Å². The Morgan fingerprint density at radius 1 is 1.25 bits per heavy atom. The summed E-state index contributed by atoms with van der Waals surface area (Å²) in [7, 11) is 0. The number of aliphatic hydroxyl groups excluding tert-OH is 1. The summed E-state index contributed by atoms with van der Waals surface area (Å²) < 4.78 is 11.0. The van der Waals surface area contributed by atoms with Gasteiger partial charge in [-0.25, -0.2) is 0 Å². The lowest BCUT2D eigenvalue weighted by Gasteiger charge is -2.26. The minimum absolute atomic E-state index is 0.249. The molecule has 4 heteroatoms. The van der Waals surface area contributed by atoms with E-state index in [0.29, 0.717) is 19.8 Å². The van der Waals surface area contributed by atoms with Crippen LogP contribution in [0.15, 0.2) is 0 Å². The van der Waals surface area contributed by atoms with Crippen LogP contribution in [0.1, 0.15) is 45.4 Å². The Kier molecular flexibility index (Phi) is 7.28. The van der Waals surface area contributed by atoms with E-state index in [1.807, 2.05) is 0 Å². The van der Waals surface area contributed by atoms with Gasteiger partial charge in [0.25, 0.3) is 0 Å². The molecule has 0 bridgehead atoms. The molecule has 0 aromatic carbocycles.